The van der Waals surface area contributed by atoms with Crippen LogP contribution in [0, 0.1) is 0 Å². The van der Waals surface area contributed by atoms with Crippen LogP contribution < -0.4 is 10.1 Å². The lowest BCUT2D eigenvalue weighted by Crippen LogP contribution is -2.29. The van der Waals surface area contributed by atoms with E-state index in [9.17, 15) is 14.7 Å². The molecular formula is C15H16N2O3S2. The minimum absolute atomic E-state index is 0.0577. The maximum absolute atomic E-state index is 12.3. The molecule has 0 spiro atoms. The third kappa shape index (κ3) is 4.64. The van der Waals surface area contributed by atoms with Crippen molar-refractivity contribution in [2.24, 2.45) is 0 Å². The molecule has 1 saturated heterocycles. The number of aliphatic carboxylic acids is 1. The molecule has 2 rings (SSSR count). The van der Waals surface area contributed by atoms with Gasteiger partial charge in [0.2, 0.25) is 5.69 Å². The van der Waals surface area contributed by atoms with Gasteiger partial charge >= 0.3 is 0 Å². The molecule has 7 heteroatoms. The summed E-state index contributed by atoms with van der Waals surface area (Å²) in [6.45, 7) is 0.521. The number of carboxylic acid groups (broad SMARTS) is 1. The van der Waals surface area contributed by atoms with E-state index in [1.54, 1.807) is 17.2 Å². The first-order valence-corrected chi connectivity index (χ1v) is 8.22. The molecule has 1 aromatic rings. The summed E-state index contributed by atoms with van der Waals surface area (Å²) in [6, 6.07) is 5.64. The Labute approximate surface area is 138 Å². The van der Waals surface area contributed by atoms with E-state index in [0.717, 1.165) is 18.5 Å². The number of thiocarbonyl (C=S) groups is 1. The fourth-order valence-corrected chi connectivity index (χ4v) is 3.35. The van der Waals surface area contributed by atoms with Gasteiger partial charge in [-0.3, -0.25) is 9.69 Å². The first-order valence-electron chi connectivity index (χ1n) is 7.00. The molecule has 1 N–H and O–H groups in total. The second-order valence-electron chi connectivity index (χ2n) is 4.83. The third-order valence-corrected chi connectivity index (χ3v) is 4.53. The van der Waals surface area contributed by atoms with Crippen molar-refractivity contribution in [3.05, 3.63) is 35.0 Å². The van der Waals surface area contributed by atoms with Gasteiger partial charge in [-0.05, 0) is 25.3 Å². The topological polar surface area (TPSA) is 74.6 Å². The third-order valence-electron chi connectivity index (χ3n) is 3.16. The summed E-state index contributed by atoms with van der Waals surface area (Å²) in [7, 11) is 0. The molecule has 0 saturated carbocycles. The van der Waals surface area contributed by atoms with Crippen molar-refractivity contribution in [1.29, 1.82) is 0 Å². The number of nitrogens with one attached hydrogen (secondary N) is 1. The number of carboxylic acids is 1. The molecular weight excluding hydrogens is 320 g/mol. The summed E-state index contributed by atoms with van der Waals surface area (Å²) in [4.78, 5) is 27.9. The van der Waals surface area contributed by atoms with Crippen molar-refractivity contribution in [3.63, 3.8) is 0 Å². The Hall–Kier alpha value is -1.73. The van der Waals surface area contributed by atoms with E-state index in [-0.39, 0.29) is 12.3 Å². The van der Waals surface area contributed by atoms with Crippen LogP contribution in [0.4, 0.5) is 0 Å². The predicted molar refractivity (Wildman–Crippen MR) is 86.4 cm³/mol. The second-order valence-corrected chi connectivity index (χ2v) is 6.51. The number of thioether (sulfide) groups is 1. The number of pyridine rings is 1. The lowest BCUT2D eigenvalue weighted by atomic mass is 10.2. The van der Waals surface area contributed by atoms with Crippen molar-refractivity contribution >= 4 is 46.3 Å². The summed E-state index contributed by atoms with van der Waals surface area (Å²) < 4.78 is 0.548. The predicted octanol–water partition coefficient (Wildman–Crippen LogP) is 1.01. The van der Waals surface area contributed by atoms with E-state index >= 15 is 0 Å². The van der Waals surface area contributed by atoms with Crippen LogP contribution in [0.1, 0.15) is 31.4 Å². The average Bonchev–Trinajstić information content (AvgIpc) is 2.75. The average molecular weight is 336 g/mol. The Morgan fingerprint density at radius 3 is 2.86 bits per heavy atom. The minimum Gasteiger partial charge on any atom is -0.550 e. The zero-order chi connectivity index (χ0) is 15.9. The molecule has 0 unspecified atom stereocenters. The van der Waals surface area contributed by atoms with E-state index < -0.39 is 5.97 Å². The fourth-order valence-electron chi connectivity index (χ4n) is 2.05. The Morgan fingerprint density at radius 1 is 1.36 bits per heavy atom. The number of carbonyl (C=O) groups is 2. The van der Waals surface area contributed by atoms with Crippen LogP contribution in [0.25, 0.3) is 6.08 Å². The number of H-pyrrole nitrogens is 1. The number of unbranched alkanes of at least 4 members (excludes halogenated alkanes) is 2. The molecule has 1 amide bonds. The van der Waals surface area contributed by atoms with Crippen molar-refractivity contribution in [2.75, 3.05) is 6.54 Å². The Balaban J connectivity index is 1.89. The molecule has 0 radical (unpaired) electrons. The van der Waals surface area contributed by atoms with Gasteiger partial charge in [0.05, 0.1) is 4.91 Å². The number of hydrogen-bond donors (Lipinski definition) is 0. The Morgan fingerprint density at radius 2 is 2.18 bits per heavy atom. The molecule has 0 bridgehead atoms. The smallest absolute Gasteiger partial charge is 0.266 e. The van der Waals surface area contributed by atoms with Crippen LogP contribution in [-0.4, -0.2) is 27.6 Å². The summed E-state index contributed by atoms with van der Waals surface area (Å²) in [5, 5.41) is 10.3. The summed E-state index contributed by atoms with van der Waals surface area (Å²) in [5.41, 5.74) is 0.844. The number of carbonyl (C=O) groups excluding carboxylic acids is 2. The van der Waals surface area contributed by atoms with Gasteiger partial charge in [-0.2, -0.15) is 0 Å². The lowest BCUT2D eigenvalue weighted by Gasteiger charge is -2.14. The zero-order valence-electron chi connectivity index (χ0n) is 11.9. The van der Waals surface area contributed by atoms with Crippen molar-refractivity contribution in [3.8, 4) is 0 Å². The number of rotatable bonds is 7. The molecule has 1 aliphatic heterocycles. The highest BCUT2D eigenvalue weighted by Gasteiger charge is 2.31. The monoisotopic (exact) mass is 336 g/mol. The molecule has 0 aliphatic carbocycles. The summed E-state index contributed by atoms with van der Waals surface area (Å²) in [6.07, 6.45) is 5.66. The van der Waals surface area contributed by atoms with Crippen molar-refractivity contribution < 1.29 is 19.7 Å². The highest BCUT2D eigenvalue weighted by atomic mass is 32.2. The van der Waals surface area contributed by atoms with Crippen LogP contribution in [0.5, 0.6) is 0 Å². The van der Waals surface area contributed by atoms with Gasteiger partial charge in [0.15, 0.2) is 6.20 Å². The second kappa shape index (κ2) is 8.05. The molecule has 0 aromatic carbocycles. The number of hydrogen-bond acceptors (Lipinski definition) is 5. The quantitative estimate of drug-likeness (QED) is 0.422. The number of amides is 1. The van der Waals surface area contributed by atoms with Crippen LogP contribution in [0.2, 0.25) is 0 Å². The molecule has 1 fully saturated rings. The SMILES string of the molecule is O=C([O-])CCCCCN1C(=O)/C(=C\c2cccc[nH+]2)SC1=S. The Kier molecular flexibility index (Phi) is 6.09. The molecule has 2 heterocycles. The molecule has 0 atom stereocenters. The highest BCUT2D eigenvalue weighted by Crippen LogP contribution is 2.32. The molecule has 116 valence electrons. The minimum atomic E-state index is -1.03. The maximum atomic E-state index is 12.3. The van der Waals surface area contributed by atoms with Crippen LogP contribution in [0.15, 0.2) is 29.3 Å². The molecule has 1 aromatic heterocycles. The number of nitrogens with zero attached hydrogens (tertiary/aromatic N) is 1. The van der Waals surface area contributed by atoms with Gasteiger partial charge in [-0.25, -0.2) is 4.98 Å². The van der Waals surface area contributed by atoms with Gasteiger partial charge < -0.3 is 9.90 Å². The summed E-state index contributed by atoms with van der Waals surface area (Å²) in [5.74, 6) is -1.13. The van der Waals surface area contributed by atoms with Gasteiger partial charge in [0.1, 0.15) is 4.32 Å². The van der Waals surface area contributed by atoms with E-state index in [1.807, 2.05) is 18.2 Å². The van der Waals surface area contributed by atoms with Crippen LogP contribution in [-0.2, 0) is 9.59 Å². The van der Waals surface area contributed by atoms with Crippen LogP contribution >= 0.6 is 24.0 Å². The zero-order valence-corrected chi connectivity index (χ0v) is 13.5. The van der Waals surface area contributed by atoms with E-state index in [0.29, 0.717) is 22.2 Å². The van der Waals surface area contributed by atoms with Crippen LogP contribution in [0.3, 0.4) is 0 Å². The lowest BCUT2D eigenvalue weighted by molar-refractivity contribution is -0.380. The molecule has 22 heavy (non-hydrogen) atoms. The Bertz CT molecular complexity index is 602. The normalized spacial score (nSPS) is 16.5. The van der Waals surface area contributed by atoms with E-state index in [1.165, 1.54) is 11.8 Å². The maximum Gasteiger partial charge on any atom is 0.266 e. The number of aromatic amines is 1. The largest absolute Gasteiger partial charge is 0.550 e. The van der Waals surface area contributed by atoms with E-state index in [4.69, 9.17) is 12.2 Å². The van der Waals surface area contributed by atoms with Gasteiger partial charge in [-0.1, -0.05) is 30.4 Å². The van der Waals surface area contributed by atoms with Crippen molar-refractivity contribution in [1.82, 2.24) is 4.90 Å². The first kappa shape index (κ1) is 16.6. The van der Waals surface area contributed by atoms with Gasteiger partial charge in [-0.15, -0.1) is 0 Å². The number of aromatic nitrogens is 1. The van der Waals surface area contributed by atoms with Gasteiger partial charge in [0, 0.05) is 30.7 Å². The standard InChI is InChI=1S/C15H16N2O3S2/c18-13(19)7-2-1-5-9-17-14(20)12(22-15(17)21)10-11-6-3-4-8-16-11/h3-4,6,8,10H,1-2,5,7,9H2,(H,18,19)/b12-10+. The van der Waals surface area contributed by atoms with Gasteiger partial charge in [0.25, 0.3) is 5.91 Å². The molecule has 5 nitrogen and oxygen atoms in total. The highest BCUT2D eigenvalue weighted by molar-refractivity contribution is 8.26. The fraction of sp³-hybridized carbons (Fsp3) is 0.333. The molecule has 1 aliphatic rings. The summed E-state index contributed by atoms with van der Waals surface area (Å²) >= 11 is 6.53. The first-order chi connectivity index (χ1) is 10.6. The van der Waals surface area contributed by atoms with E-state index in [2.05, 4.69) is 4.98 Å². The van der Waals surface area contributed by atoms with Crippen molar-refractivity contribution in [2.45, 2.75) is 25.7 Å².